The maximum atomic E-state index is 6.05. The summed E-state index contributed by atoms with van der Waals surface area (Å²) in [7, 11) is 0.750. The van der Waals surface area contributed by atoms with E-state index in [0.717, 1.165) is 38.6 Å². The number of para-hydroxylation sites is 1. The zero-order valence-corrected chi connectivity index (χ0v) is 21.5. The molecule has 0 spiro atoms. The van der Waals surface area contributed by atoms with Crippen LogP contribution in [0.3, 0.4) is 0 Å². The minimum Gasteiger partial charge on any atom is -0.457 e. The van der Waals surface area contributed by atoms with Gasteiger partial charge in [-0.1, -0.05) is 104 Å². The molecule has 161 valence electrons. The first-order valence-corrected chi connectivity index (χ1v) is 12.8. The Morgan fingerprint density at radius 2 is 1.41 bits per heavy atom. The number of hydrogen-bond donors (Lipinski definition) is 0. The van der Waals surface area contributed by atoms with Gasteiger partial charge in [0.2, 0.25) is 0 Å². The predicted molar refractivity (Wildman–Crippen MR) is 137 cm³/mol. The third-order valence-corrected chi connectivity index (χ3v) is 3.95. The molecular weight excluding hydrogens is 440 g/mol. The Morgan fingerprint density at radius 3 is 1.91 bits per heavy atom. The molecule has 1 radical (unpaired) electrons. The number of allylic oxidation sites excluding steroid dienone is 6. The van der Waals surface area contributed by atoms with Crippen LogP contribution in [0.5, 0.6) is 5.75 Å². The molecule has 3 aromatic carbocycles. The molecule has 0 aromatic heterocycles. The van der Waals surface area contributed by atoms with Crippen LogP contribution >= 0.6 is 0 Å². The van der Waals surface area contributed by atoms with E-state index in [1.54, 1.807) is 0 Å². The van der Waals surface area contributed by atoms with Crippen molar-refractivity contribution in [3.63, 3.8) is 0 Å². The van der Waals surface area contributed by atoms with E-state index >= 15 is 0 Å². The van der Waals surface area contributed by atoms with E-state index in [0.29, 0.717) is 0 Å². The second kappa shape index (κ2) is 18.0. The standard InChI is InChI=1S/C22H18O.C5H5.C2H7Si.Ti/c1-4-11-19(12-5-1)13-10-18-22(20-14-6-2-7-15-20)23-21-16-8-3-9-17-21;1-2-4-5-3-1;1-3-2;/h1-18H;1-3H,4H2;3H,1-2H3;/q;-1;;. The largest absolute Gasteiger partial charge is 0.457 e. The van der Waals surface area contributed by atoms with Crippen molar-refractivity contribution in [3.8, 4) is 5.75 Å². The molecule has 3 aromatic rings. The molecule has 1 aliphatic carbocycles. The molecule has 0 aliphatic heterocycles. The summed E-state index contributed by atoms with van der Waals surface area (Å²) in [6.45, 7) is 4.42. The van der Waals surface area contributed by atoms with E-state index in [1.807, 2.05) is 103 Å². The van der Waals surface area contributed by atoms with Crippen LogP contribution < -0.4 is 4.74 Å². The molecule has 0 N–H and O–H groups in total. The van der Waals surface area contributed by atoms with Gasteiger partial charge < -0.3 is 4.74 Å². The number of ether oxygens (including phenoxy) is 1. The fraction of sp³-hybridized carbons (Fsp3) is 0.103. The van der Waals surface area contributed by atoms with E-state index in [2.05, 4.69) is 43.5 Å². The van der Waals surface area contributed by atoms with Crippen LogP contribution in [0.2, 0.25) is 13.1 Å². The minimum atomic E-state index is 0. The zero-order valence-electron chi connectivity index (χ0n) is 18.8. The third kappa shape index (κ3) is 11.7. The SMILES string of the molecule is C(=Cc1ccccc1)C=C(Oc1ccccc1)c1ccccc1.C[SiH]C.[C-]1=CC=CC1.[Ti]. The third-order valence-electron chi connectivity index (χ3n) is 3.95. The zero-order chi connectivity index (χ0) is 22.0. The first-order valence-electron chi connectivity index (χ1n) is 10.5. The van der Waals surface area contributed by atoms with Gasteiger partial charge in [-0.05, 0) is 23.8 Å². The molecule has 0 unspecified atom stereocenters. The van der Waals surface area contributed by atoms with Gasteiger partial charge in [-0.2, -0.15) is 6.08 Å². The van der Waals surface area contributed by atoms with Gasteiger partial charge in [0.25, 0.3) is 0 Å². The smallest absolute Gasteiger partial charge is 0.134 e. The average Bonchev–Trinajstić information content (AvgIpc) is 3.41. The number of benzene rings is 3. The van der Waals surface area contributed by atoms with Gasteiger partial charge in [0.05, 0.1) is 0 Å². The Morgan fingerprint density at radius 1 is 0.844 bits per heavy atom. The van der Waals surface area contributed by atoms with Gasteiger partial charge in [-0.25, -0.2) is 12.2 Å². The minimum absolute atomic E-state index is 0. The van der Waals surface area contributed by atoms with Crippen molar-refractivity contribution in [1.82, 2.24) is 0 Å². The Labute approximate surface area is 211 Å². The quantitative estimate of drug-likeness (QED) is 0.161. The average molecular weight is 471 g/mol. The van der Waals surface area contributed by atoms with Crippen molar-refractivity contribution >= 4 is 21.4 Å². The fourth-order valence-corrected chi connectivity index (χ4v) is 2.56. The molecule has 0 amide bonds. The van der Waals surface area contributed by atoms with Gasteiger partial charge in [-0.3, -0.25) is 6.08 Å². The van der Waals surface area contributed by atoms with E-state index in [-0.39, 0.29) is 21.7 Å². The van der Waals surface area contributed by atoms with E-state index in [9.17, 15) is 0 Å². The van der Waals surface area contributed by atoms with Crippen molar-refractivity contribution in [1.29, 1.82) is 0 Å². The van der Waals surface area contributed by atoms with Crippen molar-refractivity contribution in [3.05, 3.63) is 139 Å². The van der Waals surface area contributed by atoms with Crippen LogP contribution in [0.4, 0.5) is 0 Å². The summed E-state index contributed by atoms with van der Waals surface area (Å²) in [5, 5.41) is 0. The monoisotopic (exact) mass is 470 g/mol. The molecule has 0 saturated carbocycles. The fourth-order valence-electron chi connectivity index (χ4n) is 2.56. The Hall–Kier alpha value is -2.65. The summed E-state index contributed by atoms with van der Waals surface area (Å²) < 4.78 is 6.05. The van der Waals surface area contributed by atoms with Crippen LogP contribution in [0, 0.1) is 6.08 Å². The molecule has 0 bridgehead atoms. The Bertz CT molecular complexity index is 952. The van der Waals surface area contributed by atoms with Crippen LogP contribution in [0.25, 0.3) is 11.8 Å². The number of rotatable bonds is 5. The first kappa shape index (κ1) is 27.4. The van der Waals surface area contributed by atoms with Crippen molar-refractivity contribution in [2.24, 2.45) is 0 Å². The van der Waals surface area contributed by atoms with Gasteiger partial charge in [0.15, 0.2) is 0 Å². The van der Waals surface area contributed by atoms with Gasteiger partial charge in [0.1, 0.15) is 11.5 Å². The summed E-state index contributed by atoms with van der Waals surface area (Å²) in [4.78, 5) is 0. The van der Waals surface area contributed by atoms with Crippen molar-refractivity contribution in [2.45, 2.75) is 19.5 Å². The molecule has 0 atom stereocenters. The molecule has 4 rings (SSSR count). The molecular formula is C29H30OSiTi-. The topological polar surface area (TPSA) is 9.23 Å². The first-order chi connectivity index (χ1) is 15.3. The maximum Gasteiger partial charge on any atom is 0.134 e. The molecule has 0 saturated heterocycles. The van der Waals surface area contributed by atoms with Crippen LogP contribution in [0.1, 0.15) is 17.5 Å². The molecule has 0 fully saturated rings. The van der Waals surface area contributed by atoms with E-state index in [1.165, 1.54) is 0 Å². The Kier molecular flexibility index (Phi) is 15.4. The maximum absolute atomic E-state index is 6.05. The van der Waals surface area contributed by atoms with Crippen molar-refractivity contribution < 1.29 is 26.5 Å². The molecule has 32 heavy (non-hydrogen) atoms. The van der Waals surface area contributed by atoms with Crippen LogP contribution in [0.15, 0.2) is 121 Å². The van der Waals surface area contributed by atoms with Gasteiger partial charge in [-0.15, -0.1) is 6.42 Å². The second-order valence-electron chi connectivity index (χ2n) is 6.66. The second-order valence-corrected chi connectivity index (χ2v) is 7.82. The summed E-state index contributed by atoms with van der Waals surface area (Å²) >= 11 is 0. The van der Waals surface area contributed by atoms with Crippen LogP contribution in [-0.2, 0) is 21.7 Å². The summed E-state index contributed by atoms with van der Waals surface area (Å²) in [6.07, 6.45) is 16.1. The van der Waals surface area contributed by atoms with Crippen molar-refractivity contribution in [2.75, 3.05) is 0 Å². The molecule has 1 nitrogen and oxygen atoms in total. The molecule has 1 aliphatic rings. The number of hydrogen-bond acceptors (Lipinski definition) is 1. The predicted octanol–water partition coefficient (Wildman–Crippen LogP) is 7.64. The summed E-state index contributed by atoms with van der Waals surface area (Å²) in [6, 6.07) is 30.2. The van der Waals surface area contributed by atoms with Crippen LogP contribution in [-0.4, -0.2) is 9.52 Å². The molecule has 3 heteroatoms. The van der Waals surface area contributed by atoms with E-state index < -0.39 is 0 Å². The Balaban J connectivity index is 0.000000485. The van der Waals surface area contributed by atoms with E-state index in [4.69, 9.17) is 4.74 Å². The van der Waals surface area contributed by atoms with Gasteiger partial charge in [0, 0.05) is 36.8 Å². The summed E-state index contributed by atoms with van der Waals surface area (Å²) in [5.41, 5.74) is 2.21. The normalized spacial score (nSPS) is 11.6. The summed E-state index contributed by atoms with van der Waals surface area (Å²) in [5.74, 6) is 1.65. The van der Waals surface area contributed by atoms with Gasteiger partial charge >= 0.3 is 0 Å². The molecule has 0 heterocycles.